The van der Waals surface area contributed by atoms with Crippen molar-refractivity contribution in [3.8, 4) is 0 Å². The summed E-state index contributed by atoms with van der Waals surface area (Å²) in [6, 6.07) is 0. The molecule has 1 aliphatic carbocycles. The summed E-state index contributed by atoms with van der Waals surface area (Å²) < 4.78 is 2.07. The van der Waals surface area contributed by atoms with Crippen LogP contribution in [0.2, 0.25) is 0 Å². The predicted octanol–water partition coefficient (Wildman–Crippen LogP) is 2.80. The Hall–Kier alpha value is -1.52. The molecule has 1 aliphatic rings. The average Bonchev–Trinajstić information content (AvgIpc) is 3.06. The third-order valence-electron chi connectivity index (χ3n) is 4.33. The van der Waals surface area contributed by atoms with Gasteiger partial charge in [-0.25, -0.2) is 4.98 Å². The Balaban J connectivity index is 1.62. The Morgan fingerprint density at radius 2 is 2.14 bits per heavy atom. The molecule has 1 aromatic heterocycles. The van der Waals surface area contributed by atoms with Gasteiger partial charge in [-0.1, -0.05) is 32.1 Å². The molecule has 0 aromatic carbocycles. The summed E-state index contributed by atoms with van der Waals surface area (Å²) >= 11 is 0. The topological polar surface area (TPSA) is 54.2 Å². The van der Waals surface area contributed by atoms with Crippen molar-refractivity contribution < 1.29 is 0 Å². The molecule has 0 aliphatic heterocycles. The molecule has 0 atom stereocenters. The normalized spacial score (nSPS) is 16.7. The number of hydrogen-bond donors (Lipinski definition) is 2. The minimum atomic E-state index is 0.866. The zero-order chi connectivity index (χ0) is 15.5. The van der Waals surface area contributed by atoms with Gasteiger partial charge in [0.25, 0.3) is 0 Å². The Kier molecular flexibility index (Phi) is 7.85. The minimum absolute atomic E-state index is 0.866. The molecule has 1 aromatic rings. The molecular formula is C17H31N5. The minimum Gasteiger partial charge on any atom is -0.357 e. The number of guanidine groups is 1. The second-order valence-corrected chi connectivity index (χ2v) is 6.13. The first kappa shape index (κ1) is 16.8. The molecule has 2 N–H and O–H groups in total. The van der Waals surface area contributed by atoms with E-state index in [9.17, 15) is 0 Å². The van der Waals surface area contributed by atoms with Gasteiger partial charge in [0.1, 0.15) is 0 Å². The second-order valence-electron chi connectivity index (χ2n) is 6.13. The van der Waals surface area contributed by atoms with E-state index in [4.69, 9.17) is 0 Å². The maximum atomic E-state index is 4.69. The molecule has 2 rings (SSSR count). The van der Waals surface area contributed by atoms with Crippen molar-refractivity contribution in [2.75, 3.05) is 19.6 Å². The molecule has 1 fully saturated rings. The SMILES string of the molecule is CCNC(=NCCCC1CCCCC1)NCCn1ccnc1. The molecule has 0 saturated heterocycles. The third kappa shape index (κ3) is 6.50. The highest BCUT2D eigenvalue weighted by Crippen LogP contribution is 2.27. The zero-order valence-electron chi connectivity index (χ0n) is 13.9. The van der Waals surface area contributed by atoms with Crippen LogP contribution in [0.1, 0.15) is 51.9 Å². The summed E-state index contributed by atoms with van der Waals surface area (Å²) in [5.41, 5.74) is 0. The third-order valence-corrected chi connectivity index (χ3v) is 4.33. The number of imidazole rings is 1. The van der Waals surface area contributed by atoms with Crippen LogP contribution in [0.25, 0.3) is 0 Å². The number of nitrogens with one attached hydrogen (secondary N) is 2. The van der Waals surface area contributed by atoms with E-state index < -0.39 is 0 Å². The summed E-state index contributed by atoms with van der Waals surface area (Å²) in [5.74, 6) is 1.90. The standard InChI is InChI=1S/C17H31N5/c1-2-19-17(21-12-14-22-13-11-18-15-22)20-10-6-9-16-7-4-3-5-8-16/h11,13,15-16H,2-10,12,14H2,1H3,(H2,19,20,21). The molecule has 124 valence electrons. The molecule has 1 heterocycles. The van der Waals surface area contributed by atoms with E-state index in [2.05, 4.69) is 32.1 Å². The Morgan fingerprint density at radius 1 is 1.27 bits per heavy atom. The van der Waals surface area contributed by atoms with Gasteiger partial charge >= 0.3 is 0 Å². The van der Waals surface area contributed by atoms with Gasteiger partial charge in [0.05, 0.1) is 6.33 Å². The lowest BCUT2D eigenvalue weighted by Crippen LogP contribution is -2.38. The van der Waals surface area contributed by atoms with Crippen molar-refractivity contribution in [2.45, 2.75) is 58.4 Å². The first-order chi connectivity index (χ1) is 10.9. The molecule has 0 spiro atoms. The molecule has 22 heavy (non-hydrogen) atoms. The summed E-state index contributed by atoms with van der Waals surface area (Å²) in [4.78, 5) is 8.74. The van der Waals surface area contributed by atoms with Crippen LogP contribution in [0.15, 0.2) is 23.7 Å². The van der Waals surface area contributed by atoms with Gasteiger partial charge in [0.15, 0.2) is 5.96 Å². The van der Waals surface area contributed by atoms with Crippen molar-refractivity contribution in [1.82, 2.24) is 20.2 Å². The lowest BCUT2D eigenvalue weighted by atomic mass is 9.86. The van der Waals surface area contributed by atoms with Crippen LogP contribution in [-0.4, -0.2) is 35.1 Å². The average molecular weight is 305 g/mol. The number of aliphatic imine (C=N–C) groups is 1. The zero-order valence-corrected chi connectivity index (χ0v) is 13.9. The molecule has 5 heteroatoms. The van der Waals surface area contributed by atoms with E-state index in [-0.39, 0.29) is 0 Å². The monoisotopic (exact) mass is 305 g/mol. The van der Waals surface area contributed by atoms with E-state index >= 15 is 0 Å². The van der Waals surface area contributed by atoms with E-state index in [1.807, 2.05) is 18.7 Å². The molecule has 1 saturated carbocycles. The van der Waals surface area contributed by atoms with Crippen LogP contribution in [0, 0.1) is 5.92 Å². The van der Waals surface area contributed by atoms with Gasteiger partial charge in [0, 0.05) is 38.6 Å². The van der Waals surface area contributed by atoms with Crippen molar-refractivity contribution in [2.24, 2.45) is 10.9 Å². The Morgan fingerprint density at radius 3 is 2.86 bits per heavy atom. The maximum absolute atomic E-state index is 4.69. The number of rotatable bonds is 8. The van der Waals surface area contributed by atoms with Crippen molar-refractivity contribution in [3.05, 3.63) is 18.7 Å². The van der Waals surface area contributed by atoms with Crippen molar-refractivity contribution in [1.29, 1.82) is 0 Å². The van der Waals surface area contributed by atoms with E-state index in [0.29, 0.717) is 0 Å². The summed E-state index contributed by atoms with van der Waals surface area (Å²) in [6.45, 7) is 5.71. The quantitative estimate of drug-likeness (QED) is 0.441. The molecule has 0 radical (unpaired) electrons. The van der Waals surface area contributed by atoms with E-state index in [1.54, 1.807) is 0 Å². The Labute approximate surface area is 134 Å². The summed E-state index contributed by atoms with van der Waals surface area (Å²) in [5, 5.41) is 6.70. The first-order valence-corrected chi connectivity index (χ1v) is 8.86. The van der Waals surface area contributed by atoms with Gasteiger partial charge in [-0.2, -0.15) is 0 Å². The van der Waals surface area contributed by atoms with E-state index in [0.717, 1.165) is 38.1 Å². The lowest BCUT2D eigenvalue weighted by Gasteiger charge is -2.20. The summed E-state index contributed by atoms with van der Waals surface area (Å²) in [6.07, 6.45) is 15.4. The van der Waals surface area contributed by atoms with Crippen LogP contribution >= 0.6 is 0 Å². The smallest absolute Gasteiger partial charge is 0.191 e. The first-order valence-electron chi connectivity index (χ1n) is 8.86. The molecule has 0 unspecified atom stereocenters. The maximum Gasteiger partial charge on any atom is 0.191 e. The van der Waals surface area contributed by atoms with Crippen LogP contribution in [-0.2, 0) is 6.54 Å². The number of aromatic nitrogens is 2. The molecular weight excluding hydrogens is 274 g/mol. The van der Waals surface area contributed by atoms with Gasteiger partial charge in [0.2, 0.25) is 0 Å². The highest BCUT2D eigenvalue weighted by Gasteiger charge is 2.12. The fourth-order valence-electron chi connectivity index (χ4n) is 3.11. The second kappa shape index (κ2) is 10.2. The number of nitrogens with zero attached hydrogens (tertiary/aromatic N) is 3. The van der Waals surface area contributed by atoms with Crippen LogP contribution in [0.5, 0.6) is 0 Å². The van der Waals surface area contributed by atoms with E-state index in [1.165, 1.54) is 44.9 Å². The fourth-order valence-corrected chi connectivity index (χ4v) is 3.11. The highest BCUT2D eigenvalue weighted by molar-refractivity contribution is 5.79. The fraction of sp³-hybridized carbons (Fsp3) is 0.765. The van der Waals surface area contributed by atoms with Crippen LogP contribution in [0.3, 0.4) is 0 Å². The van der Waals surface area contributed by atoms with Gasteiger partial charge in [-0.05, 0) is 25.7 Å². The van der Waals surface area contributed by atoms with Gasteiger partial charge in [-0.15, -0.1) is 0 Å². The predicted molar refractivity (Wildman–Crippen MR) is 92.0 cm³/mol. The molecule has 0 bridgehead atoms. The highest BCUT2D eigenvalue weighted by atomic mass is 15.2. The largest absolute Gasteiger partial charge is 0.357 e. The molecule has 5 nitrogen and oxygen atoms in total. The van der Waals surface area contributed by atoms with Gasteiger partial charge < -0.3 is 15.2 Å². The Bertz CT molecular complexity index is 407. The van der Waals surface area contributed by atoms with Gasteiger partial charge in [-0.3, -0.25) is 4.99 Å². The number of hydrogen-bond acceptors (Lipinski definition) is 2. The lowest BCUT2D eigenvalue weighted by molar-refractivity contribution is 0.334. The van der Waals surface area contributed by atoms with Crippen molar-refractivity contribution in [3.63, 3.8) is 0 Å². The molecule has 0 amide bonds. The van der Waals surface area contributed by atoms with Crippen molar-refractivity contribution >= 4 is 5.96 Å². The summed E-state index contributed by atoms with van der Waals surface area (Å²) in [7, 11) is 0. The van der Waals surface area contributed by atoms with Crippen LogP contribution < -0.4 is 10.6 Å². The van der Waals surface area contributed by atoms with Crippen LogP contribution in [0.4, 0.5) is 0 Å².